The van der Waals surface area contributed by atoms with Gasteiger partial charge in [-0.2, -0.15) is 0 Å². The van der Waals surface area contributed by atoms with Gasteiger partial charge in [0, 0.05) is 18.6 Å². The van der Waals surface area contributed by atoms with Gasteiger partial charge in [0.05, 0.1) is 22.8 Å². The lowest BCUT2D eigenvalue weighted by atomic mass is 10.1. The highest BCUT2D eigenvalue weighted by Crippen LogP contribution is 2.29. The Hall–Kier alpha value is -2.57. The Morgan fingerprint density at radius 2 is 2.26 bits per heavy atom. The van der Waals surface area contributed by atoms with Gasteiger partial charge in [0.15, 0.2) is 0 Å². The second-order valence-corrected chi connectivity index (χ2v) is 4.05. The lowest BCUT2D eigenvalue weighted by Crippen LogP contribution is -2.14. The molecule has 1 amide bonds. The molecule has 0 spiro atoms. The predicted molar refractivity (Wildman–Crippen MR) is 66.7 cm³/mol. The van der Waals surface area contributed by atoms with Gasteiger partial charge < -0.3 is 15.2 Å². The number of nitro benzene ring substituents is 1. The van der Waals surface area contributed by atoms with Crippen molar-refractivity contribution in [2.75, 3.05) is 11.9 Å². The molecule has 0 unspecified atom stereocenters. The zero-order valence-electron chi connectivity index (χ0n) is 10.2. The predicted octanol–water partition coefficient (Wildman–Crippen LogP) is 1.93. The molecule has 1 heterocycles. The van der Waals surface area contributed by atoms with Gasteiger partial charge in [0.1, 0.15) is 11.5 Å². The summed E-state index contributed by atoms with van der Waals surface area (Å²) in [7, 11) is 0. The van der Waals surface area contributed by atoms with E-state index in [2.05, 4.69) is 5.32 Å². The van der Waals surface area contributed by atoms with E-state index >= 15 is 0 Å². The number of hydrogen-bond donors (Lipinski definition) is 2. The Kier molecular flexibility index (Phi) is 3.37. The molecule has 2 N–H and O–H groups in total. The number of nitrogens with one attached hydrogen (secondary N) is 1. The first kappa shape index (κ1) is 12.9. The zero-order valence-corrected chi connectivity index (χ0v) is 10.2. The molecule has 1 aliphatic rings. The number of nitro groups is 1. The van der Waals surface area contributed by atoms with E-state index in [1.165, 1.54) is 6.07 Å². The minimum atomic E-state index is -0.599. The van der Waals surface area contributed by atoms with E-state index in [1.807, 2.05) is 0 Å². The topological polar surface area (TPSA) is 102 Å². The van der Waals surface area contributed by atoms with Gasteiger partial charge in [-0.25, -0.2) is 0 Å². The average Bonchev–Trinajstić information content (AvgIpc) is 2.78. The largest absolute Gasteiger partial charge is 0.506 e. The van der Waals surface area contributed by atoms with E-state index in [0.717, 1.165) is 12.1 Å². The number of phenolic OH excluding ortho intramolecular Hbond substituents is 1. The Morgan fingerprint density at radius 3 is 2.84 bits per heavy atom. The summed E-state index contributed by atoms with van der Waals surface area (Å²) in [6.45, 7) is 2.12. The van der Waals surface area contributed by atoms with Gasteiger partial charge in [-0.3, -0.25) is 14.9 Å². The lowest BCUT2D eigenvalue weighted by molar-refractivity contribution is -0.384. The van der Waals surface area contributed by atoms with E-state index in [0.29, 0.717) is 24.4 Å². The van der Waals surface area contributed by atoms with E-state index in [4.69, 9.17) is 4.74 Å². The van der Waals surface area contributed by atoms with Crippen molar-refractivity contribution < 1.29 is 19.6 Å². The highest BCUT2D eigenvalue weighted by molar-refractivity contribution is 6.05. The lowest BCUT2D eigenvalue weighted by Gasteiger charge is -2.07. The molecule has 7 heteroatoms. The number of rotatable bonds is 3. The normalized spacial score (nSPS) is 14.2. The first-order valence-corrected chi connectivity index (χ1v) is 5.60. The molecule has 0 fully saturated rings. The number of hydrogen-bond acceptors (Lipinski definition) is 5. The first-order valence-electron chi connectivity index (χ1n) is 5.60. The van der Waals surface area contributed by atoms with Crippen LogP contribution in [0.4, 0.5) is 11.4 Å². The van der Waals surface area contributed by atoms with Crippen LogP contribution in [0.25, 0.3) is 0 Å². The number of allylic oxidation sites excluding steroid dienone is 1. The monoisotopic (exact) mass is 264 g/mol. The molecule has 100 valence electrons. The number of carbonyl (C=O) groups excluding carboxylic acids is 1. The molecule has 0 bridgehead atoms. The Labute approximate surface area is 108 Å². The van der Waals surface area contributed by atoms with E-state index < -0.39 is 10.8 Å². The molecule has 7 nitrogen and oxygen atoms in total. The number of anilines is 1. The molecule has 0 atom stereocenters. The average molecular weight is 264 g/mol. The van der Waals surface area contributed by atoms with Gasteiger partial charge >= 0.3 is 0 Å². The SMILES string of the molecule is CC1=C(C(=O)Nc2cc([N+](=O)[O-])ccc2O)CCO1. The summed E-state index contributed by atoms with van der Waals surface area (Å²) in [6.07, 6.45) is 0.480. The van der Waals surface area contributed by atoms with Crippen molar-refractivity contribution in [1.29, 1.82) is 0 Å². The molecule has 0 saturated carbocycles. The van der Waals surface area contributed by atoms with Crippen molar-refractivity contribution >= 4 is 17.3 Å². The Balaban J connectivity index is 2.23. The van der Waals surface area contributed by atoms with Crippen LogP contribution >= 0.6 is 0 Å². The highest BCUT2D eigenvalue weighted by Gasteiger charge is 2.21. The summed E-state index contributed by atoms with van der Waals surface area (Å²) in [4.78, 5) is 22.0. The summed E-state index contributed by atoms with van der Waals surface area (Å²) in [5, 5.41) is 22.7. The van der Waals surface area contributed by atoms with Crippen molar-refractivity contribution in [3.05, 3.63) is 39.6 Å². The van der Waals surface area contributed by atoms with Crippen LogP contribution in [0.15, 0.2) is 29.5 Å². The quantitative estimate of drug-likeness (QED) is 0.493. The third kappa shape index (κ3) is 2.65. The summed E-state index contributed by atoms with van der Waals surface area (Å²) in [5.41, 5.74) is 0.277. The van der Waals surface area contributed by atoms with Crippen molar-refractivity contribution in [3.63, 3.8) is 0 Å². The van der Waals surface area contributed by atoms with Crippen LogP contribution in [0.5, 0.6) is 5.75 Å². The van der Waals surface area contributed by atoms with E-state index in [-0.39, 0.29) is 17.1 Å². The van der Waals surface area contributed by atoms with Crippen LogP contribution in [0.1, 0.15) is 13.3 Å². The number of aromatic hydroxyl groups is 1. The molecule has 1 aromatic carbocycles. The fraction of sp³-hybridized carbons (Fsp3) is 0.250. The molecule has 2 rings (SSSR count). The zero-order chi connectivity index (χ0) is 14.0. The minimum absolute atomic E-state index is 0.00593. The van der Waals surface area contributed by atoms with Gasteiger partial charge in [0.2, 0.25) is 0 Å². The third-order valence-electron chi connectivity index (χ3n) is 2.81. The second kappa shape index (κ2) is 4.97. The molecule has 1 aromatic rings. The van der Waals surface area contributed by atoms with Crippen LogP contribution in [0.2, 0.25) is 0 Å². The molecule has 0 saturated heterocycles. The van der Waals surface area contributed by atoms with Crippen molar-refractivity contribution in [3.8, 4) is 5.75 Å². The number of carbonyl (C=O) groups is 1. The van der Waals surface area contributed by atoms with Crippen LogP contribution in [-0.4, -0.2) is 22.5 Å². The molecular weight excluding hydrogens is 252 g/mol. The van der Waals surface area contributed by atoms with Crippen LogP contribution < -0.4 is 5.32 Å². The Morgan fingerprint density at radius 1 is 1.53 bits per heavy atom. The van der Waals surface area contributed by atoms with Gasteiger partial charge in [0.25, 0.3) is 11.6 Å². The van der Waals surface area contributed by atoms with Crippen LogP contribution in [0, 0.1) is 10.1 Å². The summed E-state index contributed by atoms with van der Waals surface area (Å²) < 4.78 is 5.16. The molecule has 1 aliphatic heterocycles. The van der Waals surface area contributed by atoms with Gasteiger partial charge in [-0.1, -0.05) is 0 Å². The maximum Gasteiger partial charge on any atom is 0.271 e. The number of nitrogens with zero attached hydrogens (tertiary/aromatic N) is 1. The fourth-order valence-corrected chi connectivity index (χ4v) is 1.78. The van der Waals surface area contributed by atoms with Crippen molar-refractivity contribution in [2.24, 2.45) is 0 Å². The maximum atomic E-state index is 11.9. The molecule has 0 aliphatic carbocycles. The highest BCUT2D eigenvalue weighted by atomic mass is 16.6. The standard InChI is InChI=1S/C12H12N2O5/c1-7-9(4-5-19-7)12(16)13-10-6-8(14(17)18)2-3-11(10)15/h2-3,6,15H,4-5H2,1H3,(H,13,16). The maximum absolute atomic E-state index is 11.9. The number of phenols is 1. The summed E-state index contributed by atoms with van der Waals surface area (Å²) in [6, 6.07) is 3.44. The Bertz CT molecular complexity index is 579. The van der Waals surface area contributed by atoms with Gasteiger partial charge in [-0.15, -0.1) is 0 Å². The molecule has 0 aromatic heterocycles. The molecule has 0 radical (unpaired) electrons. The first-order chi connectivity index (χ1) is 8.99. The summed E-state index contributed by atoms with van der Waals surface area (Å²) in [5.74, 6) is -0.121. The molecule has 19 heavy (non-hydrogen) atoms. The van der Waals surface area contributed by atoms with E-state index in [9.17, 15) is 20.0 Å². The van der Waals surface area contributed by atoms with Crippen molar-refractivity contribution in [2.45, 2.75) is 13.3 Å². The van der Waals surface area contributed by atoms with Crippen LogP contribution in [-0.2, 0) is 9.53 Å². The van der Waals surface area contributed by atoms with Crippen LogP contribution in [0.3, 0.4) is 0 Å². The smallest absolute Gasteiger partial charge is 0.271 e. The minimum Gasteiger partial charge on any atom is -0.506 e. The number of non-ortho nitro benzene ring substituents is 1. The summed E-state index contributed by atoms with van der Waals surface area (Å²) >= 11 is 0. The number of ether oxygens (including phenoxy) is 1. The number of benzene rings is 1. The van der Waals surface area contributed by atoms with Gasteiger partial charge in [-0.05, 0) is 13.0 Å². The molecular formula is C12H12N2O5. The van der Waals surface area contributed by atoms with Crippen molar-refractivity contribution in [1.82, 2.24) is 0 Å². The third-order valence-corrected chi connectivity index (χ3v) is 2.81. The fourth-order valence-electron chi connectivity index (χ4n) is 1.78. The second-order valence-electron chi connectivity index (χ2n) is 4.05. The number of amides is 1. The van der Waals surface area contributed by atoms with E-state index in [1.54, 1.807) is 6.92 Å².